The van der Waals surface area contributed by atoms with Crippen LogP contribution in [-0.2, 0) is 17.6 Å². The fourth-order valence-electron chi connectivity index (χ4n) is 4.03. The second-order valence-electron chi connectivity index (χ2n) is 8.05. The lowest BCUT2D eigenvalue weighted by atomic mass is 9.99. The number of hydrogen-bond acceptors (Lipinski definition) is 3. The van der Waals surface area contributed by atoms with Crippen molar-refractivity contribution in [3.05, 3.63) is 71.8 Å². The maximum atomic E-state index is 12.6. The molecule has 0 atom stereocenters. The molecule has 0 bridgehead atoms. The quantitative estimate of drug-likeness (QED) is 0.615. The van der Waals surface area contributed by atoms with E-state index in [1.165, 1.54) is 11.1 Å². The predicted molar refractivity (Wildman–Crippen MR) is 120 cm³/mol. The van der Waals surface area contributed by atoms with E-state index < -0.39 is 0 Å². The summed E-state index contributed by atoms with van der Waals surface area (Å²) in [6.07, 6.45) is 6.43. The van der Waals surface area contributed by atoms with Gasteiger partial charge in [0.25, 0.3) is 0 Å². The normalized spacial score (nSPS) is 14.8. The number of amides is 1. The summed E-state index contributed by atoms with van der Waals surface area (Å²) >= 11 is 0. The number of nitrogens with one attached hydrogen (secondary N) is 2. The van der Waals surface area contributed by atoms with Gasteiger partial charge < -0.3 is 10.6 Å². The molecule has 1 saturated heterocycles. The number of carbonyl (C=O) groups excluding carboxylic acids is 1. The van der Waals surface area contributed by atoms with Gasteiger partial charge in [0.05, 0.1) is 6.54 Å². The first-order chi connectivity index (χ1) is 14.3. The first kappa shape index (κ1) is 21.5. The molecule has 4 heteroatoms. The number of nitrogens with zero attached hydrogens (tertiary/aromatic N) is 1. The lowest BCUT2D eigenvalue weighted by Gasteiger charge is -2.27. The zero-order valence-corrected chi connectivity index (χ0v) is 17.5. The summed E-state index contributed by atoms with van der Waals surface area (Å²) in [6.45, 7) is 4.39. The number of carbonyl (C=O) groups is 1. The van der Waals surface area contributed by atoms with E-state index in [-0.39, 0.29) is 11.9 Å². The minimum atomic E-state index is 0.177. The van der Waals surface area contributed by atoms with Gasteiger partial charge in [-0.3, -0.25) is 9.69 Å². The molecule has 0 aromatic heterocycles. The Kier molecular flexibility index (Phi) is 9.21. The molecule has 0 saturated carbocycles. The van der Waals surface area contributed by atoms with Crippen LogP contribution in [0.3, 0.4) is 0 Å². The van der Waals surface area contributed by atoms with Crippen molar-refractivity contribution in [2.75, 3.05) is 32.7 Å². The minimum absolute atomic E-state index is 0.177. The molecule has 1 fully saturated rings. The van der Waals surface area contributed by atoms with Gasteiger partial charge in [-0.05, 0) is 49.7 Å². The summed E-state index contributed by atoms with van der Waals surface area (Å²) in [7, 11) is 0. The Labute approximate surface area is 175 Å². The average Bonchev–Trinajstić information content (AvgIpc) is 2.76. The zero-order valence-electron chi connectivity index (χ0n) is 17.5. The Morgan fingerprint density at radius 3 is 1.90 bits per heavy atom. The van der Waals surface area contributed by atoms with Crippen LogP contribution >= 0.6 is 0 Å². The van der Waals surface area contributed by atoms with Gasteiger partial charge in [0.1, 0.15) is 0 Å². The van der Waals surface area contributed by atoms with Gasteiger partial charge in [0.2, 0.25) is 5.91 Å². The number of aryl methyl sites for hydroxylation is 2. The Balaban J connectivity index is 1.46. The van der Waals surface area contributed by atoms with Gasteiger partial charge in [-0.25, -0.2) is 0 Å². The number of piperazine rings is 1. The summed E-state index contributed by atoms with van der Waals surface area (Å²) in [5, 5.41) is 6.68. The molecule has 1 amide bonds. The van der Waals surface area contributed by atoms with Crippen LogP contribution in [-0.4, -0.2) is 49.6 Å². The second-order valence-corrected chi connectivity index (χ2v) is 8.05. The molecule has 0 radical (unpaired) electrons. The third-order valence-corrected chi connectivity index (χ3v) is 5.66. The molecular formula is C25H35N3O. The van der Waals surface area contributed by atoms with Crippen LogP contribution in [0.1, 0.15) is 36.8 Å². The molecule has 1 aliphatic rings. The molecule has 0 unspecified atom stereocenters. The van der Waals surface area contributed by atoms with Crippen molar-refractivity contribution >= 4 is 5.91 Å². The van der Waals surface area contributed by atoms with Crippen molar-refractivity contribution in [3.63, 3.8) is 0 Å². The molecule has 1 heterocycles. The van der Waals surface area contributed by atoms with Crippen LogP contribution < -0.4 is 10.6 Å². The zero-order chi connectivity index (χ0) is 20.2. The summed E-state index contributed by atoms with van der Waals surface area (Å²) in [5.74, 6) is 0.177. The van der Waals surface area contributed by atoms with E-state index in [0.29, 0.717) is 6.54 Å². The Morgan fingerprint density at radius 1 is 0.862 bits per heavy atom. The lowest BCUT2D eigenvalue weighted by Crippen LogP contribution is -2.49. The van der Waals surface area contributed by atoms with E-state index in [1.807, 2.05) is 0 Å². The van der Waals surface area contributed by atoms with E-state index in [0.717, 1.165) is 64.7 Å². The molecule has 1 aliphatic heterocycles. The summed E-state index contributed by atoms with van der Waals surface area (Å²) in [6, 6.07) is 21.5. The van der Waals surface area contributed by atoms with Crippen LogP contribution in [0.15, 0.2) is 60.7 Å². The lowest BCUT2D eigenvalue weighted by molar-refractivity contribution is -0.123. The van der Waals surface area contributed by atoms with Gasteiger partial charge in [-0.1, -0.05) is 60.7 Å². The van der Waals surface area contributed by atoms with E-state index in [2.05, 4.69) is 76.2 Å². The van der Waals surface area contributed by atoms with Crippen molar-refractivity contribution in [2.24, 2.45) is 0 Å². The molecular weight excluding hydrogens is 358 g/mol. The third-order valence-electron chi connectivity index (χ3n) is 5.66. The van der Waals surface area contributed by atoms with E-state index in [9.17, 15) is 4.79 Å². The van der Waals surface area contributed by atoms with Crippen molar-refractivity contribution in [1.82, 2.24) is 15.5 Å². The second kappa shape index (κ2) is 12.4. The first-order valence-electron chi connectivity index (χ1n) is 11.1. The highest BCUT2D eigenvalue weighted by atomic mass is 16.2. The molecule has 29 heavy (non-hydrogen) atoms. The highest BCUT2D eigenvalue weighted by Crippen LogP contribution is 2.13. The van der Waals surface area contributed by atoms with E-state index >= 15 is 0 Å². The maximum Gasteiger partial charge on any atom is 0.234 e. The van der Waals surface area contributed by atoms with Crippen LogP contribution in [0, 0.1) is 0 Å². The van der Waals surface area contributed by atoms with Crippen LogP contribution in [0.2, 0.25) is 0 Å². The molecule has 4 nitrogen and oxygen atoms in total. The van der Waals surface area contributed by atoms with Gasteiger partial charge in [0, 0.05) is 32.2 Å². The predicted octanol–water partition coefficient (Wildman–Crippen LogP) is 3.42. The monoisotopic (exact) mass is 393 g/mol. The molecule has 2 aromatic rings. The highest BCUT2D eigenvalue weighted by molar-refractivity contribution is 5.78. The standard InChI is InChI=1S/C25H35N3O/c29-25(21-28-19-17-26-18-20-28)27-24(15-7-13-22-9-3-1-4-10-22)16-8-14-23-11-5-2-6-12-23/h1-6,9-12,24,26H,7-8,13-21H2,(H,27,29). The largest absolute Gasteiger partial charge is 0.352 e. The molecule has 3 rings (SSSR count). The van der Waals surface area contributed by atoms with Crippen molar-refractivity contribution in [3.8, 4) is 0 Å². The van der Waals surface area contributed by atoms with Crippen LogP contribution in [0.4, 0.5) is 0 Å². The topological polar surface area (TPSA) is 44.4 Å². The fourth-order valence-corrected chi connectivity index (χ4v) is 4.03. The number of benzene rings is 2. The molecule has 0 aliphatic carbocycles. The van der Waals surface area contributed by atoms with Crippen molar-refractivity contribution in [2.45, 2.75) is 44.6 Å². The average molecular weight is 394 g/mol. The van der Waals surface area contributed by atoms with E-state index in [1.54, 1.807) is 0 Å². The van der Waals surface area contributed by atoms with Gasteiger partial charge in [0.15, 0.2) is 0 Å². The molecule has 0 spiro atoms. The first-order valence-corrected chi connectivity index (χ1v) is 11.1. The van der Waals surface area contributed by atoms with Gasteiger partial charge >= 0.3 is 0 Å². The summed E-state index contributed by atoms with van der Waals surface area (Å²) in [4.78, 5) is 14.9. The van der Waals surface area contributed by atoms with Crippen molar-refractivity contribution < 1.29 is 4.79 Å². The third kappa shape index (κ3) is 8.38. The number of hydrogen-bond donors (Lipinski definition) is 2. The van der Waals surface area contributed by atoms with Gasteiger partial charge in [-0.2, -0.15) is 0 Å². The van der Waals surface area contributed by atoms with E-state index in [4.69, 9.17) is 0 Å². The Morgan fingerprint density at radius 2 is 1.38 bits per heavy atom. The molecule has 2 aromatic carbocycles. The smallest absolute Gasteiger partial charge is 0.234 e. The Bertz CT molecular complexity index is 653. The molecule has 2 N–H and O–H groups in total. The molecule has 156 valence electrons. The van der Waals surface area contributed by atoms with Gasteiger partial charge in [-0.15, -0.1) is 0 Å². The fraction of sp³-hybridized carbons (Fsp3) is 0.480. The number of rotatable bonds is 11. The summed E-state index contributed by atoms with van der Waals surface area (Å²) < 4.78 is 0. The maximum absolute atomic E-state index is 12.6. The van der Waals surface area contributed by atoms with Crippen LogP contribution in [0.25, 0.3) is 0 Å². The van der Waals surface area contributed by atoms with Crippen molar-refractivity contribution in [1.29, 1.82) is 0 Å². The minimum Gasteiger partial charge on any atom is -0.352 e. The Hall–Kier alpha value is -2.17. The SMILES string of the molecule is O=C(CN1CCNCC1)NC(CCCc1ccccc1)CCCc1ccccc1. The van der Waals surface area contributed by atoms with Crippen LogP contribution in [0.5, 0.6) is 0 Å². The summed E-state index contributed by atoms with van der Waals surface area (Å²) in [5.41, 5.74) is 2.75. The highest BCUT2D eigenvalue weighted by Gasteiger charge is 2.17.